The highest BCUT2D eigenvalue weighted by molar-refractivity contribution is 5.47. The van der Waals surface area contributed by atoms with Gasteiger partial charge < -0.3 is 4.98 Å². The lowest BCUT2D eigenvalue weighted by atomic mass is 9.94. The van der Waals surface area contributed by atoms with Crippen molar-refractivity contribution < 1.29 is 0 Å². The number of rotatable bonds is 1. The van der Waals surface area contributed by atoms with E-state index in [-0.39, 0.29) is 0 Å². The molecular weight excluding hydrogens is 196 g/mol. The smallest absolute Gasteiger partial charge is 0.0923 e. The number of aryl methyl sites for hydroxylation is 1. The van der Waals surface area contributed by atoms with Crippen molar-refractivity contribution in [2.24, 2.45) is 0 Å². The fourth-order valence-electron chi connectivity index (χ4n) is 2.77. The van der Waals surface area contributed by atoms with Crippen molar-refractivity contribution in [1.82, 2.24) is 9.97 Å². The summed E-state index contributed by atoms with van der Waals surface area (Å²) in [6.07, 6.45) is 6.19. The van der Waals surface area contributed by atoms with E-state index in [2.05, 4.69) is 35.9 Å². The summed E-state index contributed by atoms with van der Waals surface area (Å²) in [5.41, 5.74) is 7.09. The number of benzene rings is 1. The Morgan fingerprint density at radius 2 is 2.19 bits per heavy atom. The number of hydrogen-bond donors (Lipinski definition) is 1. The van der Waals surface area contributed by atoms with Gasteiger partial charge in [0.1, 0.15) is 0 Å². The van der Waals surface area contributed by atoms with E-state index in [9.17, 15) is 0 Å². The number of hydrogen-bond acceptors (Lipinski definition) is 1. The van der Waals surface area contributed by atoms with Crippen molar-refractivity contribution in [3.8, 4) is 0 Å². The molecular formula is C14H16N2. The van der Waals surface area contributed by atoms with Crippen LogP contribution in [-0.4, -0.2) is 9.97 Å². The summed E-state index contributed by atoms with van der Waals surface area (Å²) in [6, 6.07) is 4.52. The first kappa shape index (κ1) is 9.64. The van der Waals surface area contributed by atoms with Crippen LogP contribution in [0.2, 0.25) is 0 Å². The third kappa shape index (κ3) is 1.29. The number of aromatic nitrogens is 2. The second kappa shape index (κ2) is 3.48. The average molecular weight is 212 g/mol. The highest BCUT2D eigenvalue weighted by Crippen LogP contribution is 2.39. The largest absolute Gasteiger partial charge is 0.351 e. The van der Waals surface area contributed by atoms with E-state index in [0.29, 0.717) is 5.92 Å². The van der Waals surface area contributed by atoms with Gasteiger partial charge in [-0.25, -0.2) is 4.98 Å². The van der Waals surface area contributed by atoms with Gasteiger partial charge in [0.05, 0.1) is 12.0 Å². The van der Waals surface area contributed by atoms with E-state index in [4.69, 9.17) is 0 Å². The summed E-state index contributed by atoms with van der Waals surface area (Å²) in [5, 5.41) is 0. The van der Waals surface area contributed by atoms with Crippen LogP contribution >= 0.6 is 0 Å². The number of nitrogens with one attached hydrogen (secondary N) is 1. The lowest BCUT2D eigenvalue weighted by Gasteiger charge is -2.11. The predicted molar refractivity (Wildman–Crippen MR) is 64.7 cm³/mol. The zero-order valence-corrected chi connectivity index (χ0v) is 9.75. The first-order chi connectivity index (χ1) is 7.77. The van der Waals surface area contributed by atoms with Gasteiger partial charge in [-0.1, -0.05) is 12.1 Å². The number of imidazole rings is 1. The first-order valence-electron chi connectivity index (χ1n) is 5.85. The summed E-state index contributed by atoms with van der Waals surface area (Å²) in [6.45, 7) is 4.43. The minimum Gasteiger partial charge on any atom is -0.351 e. The van der Waals surface area contributed by atoms with Crippen molar-refractivity contribution in [3.63, 3.8) is 0 Å². The Hall–Kier alpha value is -1.57. The molecule has 1 aromatic heterocycles. The highest BCUT2D eigenvalue weighted by Gasteiger charge is 2.26. The van der Waals surface area contributed by atoms with Gasteiger partial charge in [0.2, 0.25) is 0 Å². The van der Waals surface area contributed by atoms with Gasteiger partial charge in [-0.05, 0) is 48.9 Å². The fraction of sp³-hybridized carbons (Fsp3) is 0.357. The van der Waals surface area contributed by atoms with E-state index in [0.717, 1.165) is 0 Å². The SMILES string of the molecule is Cc1ccc2c(c1C)CCC2c1c[nH]cn1. The second-order valence-corrected chi connectivity index (χ2v) is 4.66. The molecule has 1 unspecified atom stereocenters. The van der Waals surface area contributed by atoms with Gasteiger partial charge in [0.25, 0.3) is 0 Å². The van der Waals surface area contributed by atoms with Crippen LogP contribution in [0, 0.1) is 13.8 Å². The van der Waals surface area contributed by atoms with Crippen LogP contribution in [0.5, 0.6) is 0 Å². The molecule has 1 heterocycles. The Bertz CT molecular complexity index is 512. The van der Waals surface area contributed by atoms with Gasteiger partial charge in [-0.3, -0.25) is 0 Å². The molecule has 16 heavy (non-hydrogen) atoms. The standard InChI is InChI=1S/C14H16N2/c1-9-3-4-12-11(10(9)2)5-6-13(12)14-7-15-8-16-14/h3-4,7-8,13H,5-6H2,1-2H3,(H,15,16). The van der Waals surface area contributed by atoms with Crippen LogP contribution < -0.4 is 0 Å². The molecule has 0 fully saturated rings. The molecule has 1 N–H and O–H groups in total. The Morgan fingerprint density at radius 1 is 1.31 bits per heavy atom. The van der Waals surface area contributed by atoms with Crippen molar-refractivity contribution >= 4 is 0 Å². The Labute approximate surface area is 95.7 Å². The third-order valence-corrected chi connectivity index (χ3v) is 3.84. The predicted octanol–water partition coefficient (Wildman–Crippen LogP) is 3.10. The molecule has 0 spiro atoms. The van der Waals surface area contributed by atoms with E-state index in [1.165, 1.54) is 35.2 Å². The lowest BCUT2D eigenvalue weighted by Crippen LogP contribution is -1.97. The van der Waals surface area contributed by atoms with E-state index in [1.807, 2.05) is 6.20 Å². The van der Waals surface area contributed by atoms with Crippen molar-refractivity contribution in [2.75, 3.05) is 0 Å². The molecule has 2 nitrogen and oxygen atoms in total. The molecule has 2 aromatic rings. The Morgan fingerprint density at radius 3 is 2.94 bits per heavy atom. The molecule has 0 bridgehead atoms. The molecule has 0 saturated carbocycles. The fourth-order valence-corrected chi connectivity index (χ4v) is 2.77. The van der Waals surface area contributed by atoms with Crippen LogP contribution in [0.3, 0.4) is 0 Å². The minimum atomic E-state index is 0.501. The quantitative estimate of drug-likeness (QED) is 0.773. The van der Waals surface area contributed by atoms with Crippen LogP contribution in [0.15, 0.2) is 24.7 Å². The number of H-pyrrole nitrogens is 1. The monoisotopic (exact) mass is 212 g/mol. The van der Waals surface area contributed by atoms with E-state index < -0.39 is 0 Å². The first-order valence-corrected chi connectivity index (χ1v) is 5.85. The summed E-state index contributed by atoms with van der Waals surface area (Å²) in [4.78, 5) is 7.45. The van der Waals surface area contributed by atoms with Crippen LogP contribution in [0.25, 0.3) is 0 Å². The topological polar surface area (TPSA) is 28.7 Å². The number of nitrogens with zero attached hydrogens (tertiary/aromatic N) is 1. The van der Waals surface area contributed by atoms with Gasteiger partial charge in [0.15, 0.2) is 0 Å². The summed E-state index contributed by atoms with van der Waals surface area (Å²) in [7, 11) is 0. The molecule has 0 saturated heterocycles. The third-order valence-electron chi connectivity index (χ3n) is 3.84. The van der Waals surface area contributed by atoms with Crippen LogP contribution in [0.4, 0.5) is 0 Å². The lowest BCUT2D eigenvalue weighted by molar-refractivity contribution is 0.766. The van der Waals surface area contributed by atoms with Gasteiger partial charge in [0, 0.05) is 12.1 Å². The maximum Gasteiger partial charge on any atom is 0.0923 e. The molecule has 0 amide bonds. The maximum absolute atomic E-state index is 4.39. The normalized spacial score (nSPS) is 18.8. The molecule has 0 radical (unpaired) electrons. The Kier molecular flexibility index (Phi) is 2.10. The molecule has 1 atom stereocenters. The molecule has 3 rings (SSSR count). The van der Waals surface area contributed by atoms with Crippen LogP contribution in [-0.2, 0) is 6.42 Å². The number of aromatic amines is 1. The summed E-state index contributed by atoms with van der Waals surface area (Å²) in [5.74, 6) is 0.501. The number of fused-ring (bicyclic) bond motifs is 1. The summed E-state index contributed by atoms with van der Waals surface area (Å²) >= 11 is 0. The zero-order valence-electron chi connectivity index (χ0n) is 9.75. The molecule has 82 valence electrons. The summed E-state index contributed by atoms with van der Waals surface area (Å²) < 4.78 is 0. The van der Waals surface area contributed by atoms with Gasteiger partial charge >= 0.3 is 0 Å². The van der Waals surface area contributed by atoms with Crippen molar-refractivity contribution in [2.45, 2.75) is 32.6 Å². The molecule has 2 heteroatoms. The van der Waals surface area contributed by atoms with Gasteiger partial charge in [-0.2, -0.15) is 0 Å². The van der Waals surface area contributed by atoms with Crippen LogP contribution in [0.1, 0.15) is 40.3 Å². The van der Waals surface area contributed by atoms with E-state index >= 15 is 0 Å². The van der Waals surface area contributed by atoms with Gasteiger partial charge in [-0.15, -0.1) is 0 Å². The molecule has 0 aliphatic heterocycles. The Balaban J connectivity index is 2.10. The molecule has 1 aliphatic rings. The van der Waals surface area contributed by atoms with E-state index in [1.54, 1.807) is 11.9 Å². The molecule has 1 aliphatic carbocycles. The van der Waals surface area contributed by atoms with Crippen molar-refractivity contribution in [3.05, 3.63) is 52.6 Å². The minimum absolute atomic E-state index is 0.501. The average Bonchev–Trinajstić information content (AvgIpc) is 2.91. The molecule has 1 aromatic carbocycles. The highest BCUT2D eigenvalue weighted by atomic mass is 14.9. The second-order valence-electron chi connectivity index (χ2n) is 4.66. The zero-order chi connectivity index (χ0) is 11.1. The maximum atomic E-state index is 4.39. The van der Waals surface area contributed by atoms with Crippen molar-refractivity contribution in [1.29, 1.82) is 0 Å².